The van der Waals surface area contributed by atoms with Gasteiger partial charge in [-0.3, -0.25) is 4.79 Å². The Hall–Kier alpha value is -2.10. The van der Waals surface area contributed by atoms with Gasteiger partial charge in [0.05, 0.1) is 18.3 Å². The molecule has 2 aromatic rings. The number of benzene rings is 1. The lowest BCUT2D eigenvalue weighted by molar-refractivity contribution is -0.156. The highest BCUT2D eigenvalue weighted by Gasteiger charge is 2.45. The van der Waals surface area contributed by atoms with Crippen LogP contribution in [0.2, 0.25) is 0 Å². The molecule has 2 aliphatic rings. The Kier molecular flexibility index (Phi) is 3.06. The normalized spacial score (nSPS) is 27.3. The molecule has 114 valence electrons. The molecule has 9 heteroatoms. The van der Waals surface area contributed by atoms with E-state index in [-0.39, 0.29) is 34.9 Å². The van der Waals surface area contributed by atoms with Gasteiger partial charge in [0.1, 0.15) is 11.9 Å². The lowest BCUT2D eigenvalue weighted by Gasteiger charge is -2.28. The van der Waals surface area contributed by atoms with Gasteiger partial charge >= 0.3 is 0 Å². The predicted octanol–water partition coefficient (Wildman–Crippen LogP) is 0.759. The van der Waals surface area contributed by atoms with Gasteiger partial charge in [0, 0.05) is 6.42 Å². The molecule has 2 fully saturated rings. The van der Waals surface area contributed by atoms with Crippen LogP contribution in [0.4, 0.5) is 0 Å². The maximum Gasteiger partial charge on any atom is 0.239 e. The first kappa shape index (κ1) is 13.6. The number of Topliss-reactive ketones (excluding diaryl/α,β-unsaturated/α-hetero) is 1. The average molecular weight is 320 g/mol. The van der Waals surface area contributed by atoms with Gasteiger partial charge in [-0.25, -0.2) is 4.68 Å². The summed E-state index contributed by atoms with van der Waals surface area (Å²) in [5, 5.41) is 17.3. The molecular formula is C13H12N4O4S. The molecule has 4 rings (SSSR count). The Balaban J connectivity index is 1.79. The number of aromatic nitrogens is 4. The number of aromatic hydroxyl groups is 1. The topological polar surface area (TPSA) is 91.4 Å². The molecule has 0 saturated carbocycles. The highest BCUT2D eigenvalue weighted by atomic mass is 32.1. The summed E-state index contributed by atoms with van der Waals surface area (Å²) in [6.07, 6.45) is -0.757. The van der Waals surface area contributed by atoms with Crippen LogP contribution in [0.3, 0.4) is 0 Å². The lowest BCUT2D eigenvalue weighted by atomic mass is 10.0. The minimum Gasteiger partial charge on any atom is -0.508 e. The van der Waals surface area contributed by atoms with E-state index in [0.29, 0.717) is 12.3 Å². The van der Waals surface area contributed by atoms with E-state index in [1.165, 1.54) is 4.80 Å². The number of carbonyl (C=O) groups is 1. The van der Waals surface area contributed by atoms with Crippen molar-refractivity contribution in [1.82, 2.24) is 19.8 Å². The summed E-state index contributed by atoms with van der Waals surface area (Å²) in [4.78, 5) is 13.5. The van der Waals surface area contributed by atoms with Crippen molar-refractivity contribution in [2.24, 2.45) is 0 Å². The van der Waals surface area contributed by atoms with E-state index in [1.807, 2.05) is 0 Å². The molecule has 1 aromatic carbocycles. The molecule has 1 N–H and O–H groups in total. The van der Waals surface area contributed by atoms with Gasteiger partial charge in [0.15, 0.2) is 5.78 Å². The first-order valence-electron chi connectivity index (χ1n) is 6.77. The van der Waals surface area contributed by atoms with Crippen LogP contribution in [0.25, 0.3) is 5.69 Å². The van der Waals surface area contributed by atoms with Crippen LogP contribution < -0.4 is 0 Å². The number of nitrogens with zero attached hydrogens (tertiary/aromatic N) is 4. The average Bonchev–Trinajstić information content (AvgIpc) is 3.10. The number of phenols is 1. The highest BCUT2D eigenvalue weighted by Crippen LogP contribution is 2.33. The van der Waals surface area contributed by atoms with Crippen LogP contribution in [0.1, 0.15) is 12.5 Å². The quantitative estimate of drug-likeness (QED) is 0.817. The molecule has 3 heterocycles. The number of carbonyl (C=O) groups excluding carboxylic acids is 1. The van der Waals surface area contributed by atoms with Gasteiger partial charge in [0.2, 0.25) is 11.1 Å². The fourth-order valence-corrected chi connectivity index (χ4v) is 3.01. The summed E-state index contributed by atoms with van der Waals surface area (Å²) < 4.78 is 12.8. The second-order valence-corrected chi connectivity index (χ2v) is 5.57. The Morgan fingerprint density at radius 1 is 1.32 bits per heavy atom. The van der Waals surface area contributed by atoms with Crippen molar-refractivity contribution in [3.8, 4) is 11.4 Å². The maximum absolute atomic E-state index is 12.0. The van der Waals surface area contributed by atoms with E-state index in [1.54, 1.807) is 28.9 Å². The molecule has 3 unspecified atom stereocenters. The minimum atomic E-state index is -0.756. The number of tetrazole rings is 1. The van der Waals surface area contributed by atoms with Crippen LogP contribution in [0.5, 0.6) is 5.75 Å². The van der Waals surface area contributed by atoms with Gasteiger partial charge in [-0.1, -0.05) is 5.10 Å². The minimum absolute atomic E-state index is 0.112. The van der Waals surface area contributed by atoms with E-state index in [0.717, 1.165) is 0 Å². The monoisotopic (exact) mass is 320 g/mol. The van der Waals surface area contributed by atoms with E-state index >= 15 is 0 Å². The third kappa shape index (κ3) is 2.05. The summed E-state index contributed by atoms with van der Waals surface area (Å²) in [5.74, 6) is 0.0383. The molecule has 0 radical (unpaired) electrons. The summed E-state index contributed by atoms with van der Waals surface area (Å²) >= 11 is 5.24. The zero-order chi connectivity index (χ0) is 15.3. The van der Waals surface area contributed by atoms with E-state index < -0.39 is 6.29 Å². The summed E-state index contributed by atoms with van der Waals surface area (Å²) in [7, 11) is 0. The van der Waals surface area contributed by atoms with Crippen molar-refractivity contribution in [2.45, 2.75) is 24.9 Å². The van der Waals surface area contributed by atoms with Gasteiger partial charge in [-0.05, 0) is 41.7 Å². The van der Waals surface area contributed by atoms with Crippen LogP contribution >= 0.6 is 12.2 Å². The first-order valence-corrected chi connectivity index (χ1v) is 7.18. The van der Waals surface area contributed by atoms with Gasteiger partial charge < -0.3 is 14.6 Å². The summed E-state index contributed by atoms with van der Waals surface area (Å²) in [6, 6.07) is 6.15. The Morgan fingerprint density at radius 2 is 2.09 bits per heavy atom. The molecule has 0 spiro atoms. The van der Waals surface area contributed by atoms with E-state index in [4.69, 9.17) is 21.7 Å². The Labute approximate surface area is 129 Å². The third-order valence-corrected chi connectivity index (χ3v) is 4.09. The SMILES string of the molecule is O=C1CC(n2c(=S)nnn2-c2ccc(O)cc2)C2COC1O2. The second-order valence-electron chi connectivity index (χ2n) is 5.20. The van der Waals surface area contributed by atoms with Crippen LogP contribution in [-0.4, -0.2) is 49.7 Å². The van der Waals surface area contributed by atoms with Gasteiger partial charge in [-0.15, -0.1) is 0 Å². The number of ketones is 1. The lowest BCUT2D eigenvalue weighted by Crippen LogP contribution is -2.39. The van der Waals surface area contributed by atoms with Crippen LogP contribution in [0, 0.1) is 4.77 Å². The zero-order valence-corrected chi connectivity index (χ0v) is 12.1. The molecular weight excluding hydrogens is 308 g/mol. The molecule has 2 saturated heterocycles. The summed E-state index contributed by atoms with van der Waals surface area (Å²) in [6.45, 7) is 0.337. The van der Waals surface area contributed by atoms with Crippen molar-refractivity contribution >= 4 is 18.0 Å². The molecule has 2 aliphatic heterocycles. The Morgan fingerprint density at radius 3 is 2.86 bits per heavy atom. The van der Waals surface area contributed by atoms with Gasteiger partial charge in [0.25, 0.3) is 0 Å². The predicted molar refractivity (Wildman–Crippen MR) is 75.1 cm³/mol. The molecule has 8 nitrogen and oxygen atoms in total. The van der Waals surface area contributed by atoms with Crippen molar-refractivity contribution in [3.63, 3.8) is 0 Å². The number of hydrogen-bond acceptors (Lipinski definition) is 7. The number of hydrogen-bond donors (Lipinski definition) is 1. The van der Waals surface area contributed by atoms with Gasteiger partial charge in [-0.2, -0.15) is 4.80 Å². The van der Waals surface area contributed by atoms with Crippen molar-refractivity contribution < 1.29 is 19.4 Å². The third-order valence-electron chi connectivity index (χ3n) is 3.82. The van der Waals surface area contributed by atoms with Crippen molar-refractivity contribution in [1.29, 1.82) is 0 Å². The largest absolute Gasteiger partial charge is 0.508 e. The Bertz CT molecular complexity index is 784. The molecule has 1 aromatic heterocycles. The summed E-state index contributed by atoms with van der Waals surface area (Å²) in [5.41, 5.74) is 0.676. The molecule has 0 amide bonds. The fourth-order valence-electron chi connectivity index (χ4n) is 2.76. The fraction of sp³-hybridized carbons (Fsp3) is 0.385. The number of ether oxygens (including phenoxy) is 2. The van der Waals surface area contributed by atoms with E-state index in [2.05, 4.69) is 10.3 Å². The number of phenolic OH excluding ortho intramolecular Hbond substituents is 1. The second kappa shape index (κ2) is 4.97. The standard InChI is InChI=1S/C13H12N4O4S/c18-8-3-1-7(2-4-8)17-15-14-13(22)16(17)9-5-10(19)12-20-6-11(9)21-12/h1-4,9,11-12,18H,5-6H2. The smallest absolute Gasteiger partial charge is 0.239 e. The molecule has 3 atom stereocenters. The van der Waals surface area contributed by atoms with Crippen LogP contribution in [-0.2, 0) is 14.3 Å². The van der Waals surface area contributed by atoms with E-state index in [9.17, 15) is 9.90 Å². The number of rotatable bonds is 2. The molecule has 2 bridgehead atoms. The molecule has 0 aliphatic carbocycles. The van der Waals surface area contributed by atoms with Crippen molar-refractivity contribution in [3.05, 3.63) is 29.0 Å². The zero-order valence-electron chi connectivity index (χ0n) is 11.3. The van der Waals surface area contributed by atoms with Crippen LogP contribution in [0.15, 0.2) is 24.3 Å². The van der Waals surface area contributed by atoms with Crippen molar-refractivity contribution in [2.75, 3.05) is 6.61 Å². The first-order chi connectivity index (χ1) is 10.6. The highest BCUT2D eigenvalue weighted by molar-refractivity contribution is 7.71. The number of fused-ring (bicyclic) bond motifs is 2. The maximum atomic E-state index is 12.0. The molecule has 22 heavy (non-hydrogen) atoms.